The number of benzene rings is 1. The van der Waals surface area contributed by atoms with Crippen molar-refractivity contribution in [1.82, 2.24) is 20.2 Å². The molecule has 1 aliphatic heterocycles. The quantitative estimate of drug-likeness (QED) is 0.668. The van der Waals surface area contributed by atoms with Gasteiger partial charge in [0.2, 0.25) is 11.8 Å². The van der Waals surface area contributed by atoms with Crippen molar-refractivity contribution in [3.8, 4) is 0 Å². The average Bonchev–Trinajstić information content (AvgIpc) is 2.85. The van der Waals surface area contributed by atoms with E-state index >= 15 is 0 Å². The number of carboxylic acids is 1. The van der Waals surface area contributed by atoms with Crippen LogP contribution in [0.1, 0.15) is 29.0 Å². The smallest absolute Gasteiger partial charge is 0.323 e. The van der Waals surface area contributed by atoms with Crippen LogP contribution in [0.25, 0.3) is 11.0 Å². The van der Waals surface area contributed by atoms with E-state index in [4.69, 9.17) is 16.7 Å². The van der Waals surface area contributed by atoms with Crippen molar-refractivity contribution in [2.75, 3.05) is 0 Å². The molecule has 0 spiro atoms. The van der Waals surface area contributed by atoms with Gasteiger partial charge in [-0.3, -0.25) is 24.5 Å². The van der Waals surface area contributed by atoms with E-state index in [0.29, 0.717) is 11.3 Å². The van der Waals surface area contributed by atoms with Gasteiger partial charge in [-0.05, 0) is 25.5 Å². The summed E-state index contributed by atoms with van der Waals surface area (Å²) in [6.07, 6.45) is 0.334. The van der Waals surface area contributed by atoms with E-state index in [-0.39, 0.29) is 41.4 Å². The number of aryl methyl sites for hydroxylation is 1. The van der Waals surface area contributed by atoms with Crippen LogP contribution in [0.3, 0.4) is 0 Å². The number of carbonyl (C=O) groups is 4. The van der Waals surface area contributed by atoms with E-state index in [1.165, 1.54) is 16.7 Å². The van der Waals surface area contributed by atoms with E-state index in [9.17, 15) is 19.2 Å². The van der Waals surface area contributed by atoms with Gasteiger partial charge in [0.1, 0.15) is 23.9 Å². The fraction of sp³-hybridized carbons (Fsp3) is 0.312. The first-order valence-corrected chi connectivity index (χ1v) is 8.17. The van der Waals surface area contributed by atoms with Crippen LogP contribution in [0.15, 0.2) is 12.1 Å². The Morgan fingerprint density at radius 2 is 2.15 bits per heavy atom. The maximum Gasteiger partial charge on any atom is 0.323 e. The summed E-state index contributed by atoms with van der Waals surface area (Å²) in [6.45, 7) is 1.30. The Balaban J connectivity index is 1.96. The van der Waals surface area contributed by atoms with Gasteiger partial charge in [-0.1, -0.05) is 11.6 Å². The third kappa shape index (κ3) is 3.38. The molecule has 1 fully saturated rings. The Morgan fingerprint density at radius 1 is 1.42 bits per heavy atom. The molecule has 1 saturated heterocycles. The number of hydrogen-bond donors (Lipinski definition) is 3. The number of amides is 3. The van der Waals surface area contributed by atoms with Gasteiger partial charge in [-0.25, -0.2) is 4.98 Å². The van der Waals surface area contributed by atoms with Crippen LogP contribution in [0.5, 0.6) is 0 Å². The molecule has 0 saturated carbocycles. The predicted molar refractivity (Wildman–Crippen MR) is 90.8 cm³/mol. The molecule has 0 bridgehead atoms. The molecule has 1 unspecified atom stereocenters. The number of nitrogens with zero attached hydrogens (tertiary/aromatic N) is 2. The van der Waals surface area contributed by atoms with Crippen molar-refractivity contribution in [2.24, 2.45) is 0 Å². The second-order valence-corrected chi connectivity index (χ2v) is 6.37. The number of rotatable bonds is 4. The molecule has 1 aromatic heterocycles. The Kier molecular flexibility index (Phi) is 4.64. The number of nitrogens with one attached hydrogen (secondary N) is 2. The van der Waals surface area contributed by atoms with Crippen LogP contribution in [-0.4, -0.2) is 44.4 Å². The highest BCUT2D eigenvalue weighted by Gasteiger charge is 2.29. The van der Waals surface area contributed by atoms with Crippen LogP contribution in [0, 0.1) is 6.92 Å². The molecule has 1 atom stereocenters. The number of imidazole rings is 1. The second kappa shape index (κ2) is 6.75. The van der Waals surface area contributed by atoms with Gasteiger partial charge >= 0.3 is 5.97 Å². The number of aromatic nitrogens is 2. The van der Waals surface area contributed by atoms with Gasteiger partial charge in [-0.2, -0.15) is 0 Å². The standard InChI is InChI=1S/C16H15ClN4O5/c1-7-18-14-9(4-8(17)5-11(14)21(7)6-13(23)24)15(25)19-10-2-3-12(22)20-16(10)26/h4-5,10H,2-3,6H2,1H3,(H,19,25)(H,23,24)(H,20,22,26). The highest BCUT2D eigenvalue weighted by atomic mass is 35.5. The first-order valence-electron chi connectivity index (χ1n) is 7.79. The van der Waals surface area contributed by atoms with Crippen molar-refractivity contribution in [3.05, 3.63) is 28.5 Å². The maximum absolute atomic E-state index is 12.6. The molecule has 136 valence electrons. The molecule has 1 aromatic carbocycles. The molecule has 3 amide bonds. The Hall–Kier alpha value is -2.94. The number of imide groups is 1. The van der Waals surface area contributed by atoms with Gasteiger partial charge in [0.15, 0.2) is 0 Å². The Labute approximate surface area is 152 Å². The largest absolute Gasteiger partial charge is 0.480 e. The molecule has 2 heterocycles. The zero-order chi connectivity index (χ0) is 19.0. The van der Waals surface area contributed by atoms with Crippen LogP contribution in [0.2, 0.25) is 5.02 Å². The molecular weight excluding hydrogens is 364 g/mol. The predicted octanol–water partition coefficient (Wildman–Crippen LogP) is 0.618. The zero-order valence-electron chi connectivity index (χ0n) is 13.7. The van der Waals surface area contributed by atoms with Crippen molar-refractivity contribution in [1.29, 1.82) is 0 Å². The monoisotopic (exact) mass is 378 g/mol. The van der Waals surface area contributed by atoms with Crippen LogP contribution in [-0.2, 0) is 20.9 Å². The lowest BCUT2D eigenvalue weighted by Gasteiger charge is -2.21. The van der Waals surface area contributed by atoms with E-state index in [0.717, 1.165) is 0 Å². The van der Waals surface area contributed by atoms with Gasteiger partial charge in [-0.15, -0.1) is 0 Å². The number of aliphatic carboxylic acids is 1. The number of carbonyl (C=O) groups excluding carboxylic acids is 3. The van der Waals surface area contributed by atoms with Gasteiger partial charge in [0.05, 0.1) is 11.1 Å². The minimum Gasteiger partial charge on any atom is -0.480 e. The topological polar surface area (TPSA) is 130 Å². The fourth-order valence-corrected chi connectivity index (χ4v) is 3.09. The number of hydrogen-bond acceptors (Lipinski definition) is 5. The third-order valence-electron chi connectivity index (χ3n) is 4.09. The number of carboxylic acid groups (broad SMARTS) is 1. The van der Waals surface area contributed by atoms with E-state index in [1.54, 1.807) is 6.92 Å². The van der Waals surface area contributed by atoms with Crippen molar-refractivity contribution in [3.63, 3.8) is 0 Å². The summed E-state index contributed by atoms with van der Waals surface area (Å²) in [7, 11) is 0. The maximum atomic E-state index is 12.6. The molecule has 3 rings (SSSR count). The first-order chi connectivity index (χ1) is 12.3. The van der Waals surface area contributed by atoms with E-state index in [1.807, 2.05) is 0 Å². The Morgan fingerprint density at radius 3 is 2.81 bits per heavy atom. The summed E-state index contributed by atoms with van der Waals surface area (Å²) in [5, 5.41) is 14.0. The number of fused-ring (bicyclic) bond motifs is 1. The van der Waals surface area contributed by atoms with Gasteiger partial charge in [0, 0.05) is 11.4 Å². The summed E-state index contributed by atoms with van der Waals surface area (Å²) in [5.74, 6) is -2.16. The van der Waals surface area contributed by atoms with Crippen LogP contribution in [0.4, 0.5) is 0 Å². The lowest BCUT2D eigenvalue weighted by Crippen LogP contribution is -2.52. The SMILES string of the molecule is Cc1nc2c(C(=O)NC3CCC(=O)NC3=O)cc(Cl)cc2n1CC(=O)O. The number of halogens is 1. The van der Waals surface area contributed by atoms with Gasteiger partial charge < -0.3 is 15.0 Å². The summed E-state index contributed by atoms with van der Waals surface area (Å²) in [6, 6.07) is 2.10. The lowest BCUT2D eigenvalue weighted by molar-refractivity contribution is -0.138. The molecule has 9 nitrogen and oxygen atoms in total. The first kappa shape index (κ1) is 17.9. The van der Waals surface area contributed by atoms with E-state index < -0.39 is 23.8 Å². The summed E-state index contributed by atoms with van der Waals surface area (Å²) >= 11 is 6.08. The van der Waals surface area contributed by atoms with Crippen molar-refractivity contribution >= 4 is 46.3 Å². The summed E-state index contributed by atoms with van der Waals surface area (Å²) in [5.41, 5.74) is 0.827. The van der Waals surface area contributed by atoms with Crippen LogP contribution >= 0.6 is 11.6 Å². The normalized spacial score (nSPS) is 17.2. The second-order valence-electron chi connectivity index (χ2n) is 5.94. The highest BCUT2D eigenvalue weighted by molar-refractivity contribution is 6.32. The molecule has 0 aliphatic carbocycles. The molecule has 2 aromatic rings. The minimum absolute atomic E-state index is 0.129. The number of piperidine rings is 1. The Bertz CT molecular complexity index is 952. The van der Waals surface area contributed by atoms with Crippen LogP contribution < -0.4 is 10.6 Å². The fourth-order valence-electron chi connectivity index (χ4n) is 2.88. The molecular formula is C16H15ClN4O5. The molecule has 3 N–H and O–H groups in total. The molecule has 26 heavy (non-hydrogen) atoms. The zero-order valence-corrected chi connectivity index (χ0v) is 14.5. The van der Waals surface area contributed by atoms with Gasteiger partial charge in [0.25, 0.3) is 5.91 Å². The van der Waals surface area contributed by atoms with Crippen molar-refractivity contribution < 1.29 is 24.3 Å². The lowest BCUT2D eigenvalue weighted by atomic mass is 10.1. The third-order valence-corrected chi connectivity index (χ3v) is 4.31. The average molecular weight is 379 g/mol. The molecule has 10 heteroatoms. The minimum atomic E-state index is -1.05. The summed E-state index contributed by atoms with van der Waals surface area (Å²) < 4.78 is 1.44. The highest BCUT2D eigenvalue weighted by Crippen LogP contribution is 2.25. The van der Waals surface area contributed by atoms with E-state index in [2.05, 4.69) is 15.6 Å². The molecule has 0 radical (unpaired) electrons. The van der Waals surface area contributed by atoms with Crippen molar-refractivity contribution in [2.45, 2.75) is 32.4 Å². The summed E-state index contributed by atoms with van der Waals surface area (Å²) in [4.78, 5) is 51.0. The molecule has 1 aliphatic rings.